The number of alkyl carbamates (subject to hydrolysis) is 1. The molecule has 0 aliphatic carbocycles. The lowest BCUT2D eigenvalue weighted by Gasteiger charge is -2.22. The van der Waals surface area contributed by atoms with E-state index in [9.17, 15) is 9.59 Å². The van der Waals surface area contributed by atoms with Gasteiger partial charge in [0.15, 0.2) is 0 Å². The Labute approximate surface area is 143 Å². The van der Waals surface area contributed by atoms with Gasteiger partial charge in [-0.15, -0.1) is 0 Å². The monoisotopic (exact) mass is 328 g/mol. The van der Waals surface area contributed by atoms with E-state index < -0.39 is 11.7 Å². The van der Waals surface area contributed by atoms with Crippen molar-refractivity contribution in [2.45, 2.75) is 45.3 Å². The SMILES string of the molecule is CC(C)(C)OC(=O)NCC(=O)N1CCCC1C#Cc1ccccc1. The maximum absolute atomic E-state index is 12.3. The Bertz CT molecular complexity index is 638. The summed E-state index contributed by atoms with van der Waals surface area (Å²) in [5.74, 6) is 6.14. The van der Waals surface area contributed by atoms with Crippen LogP contribution in [0.2, 0.25) is 0 Å². The van der Waals surface area contributed by atoms with Crippen molar-refractivity contribution >= 4 is 12.0 Å². The second kappa shape index (κ2) is 7.87. The smallest absolute Gasteiger partial charge is 0.408 e. The van der Waals surface area contributed by atoms with Crippen molar-refractivity contribution in [2.24, 2.45) is 0 Å². The molecule has 1 unspecified atom stereocenters. The van der Waals surface area contributed by atoms with E-state index in [1.807, 2.05) is 30.3 Å². The molecule has 1 N–H and O–H groups in total. The van der Waals surface area contributed by atoms with Crippen LogP contribution in [0.4, 0.5) is 4.79 Å². The molecule has 0 saturated carbocycles. The maximum atomic E-state index is 12.3. The van der Waals surface area contributed by atoms with Gasteiger partial charge in [-0.05, 0) is 45.7 Å². The quantitative estimate of drug-likeness (QED) is 0.849. The second-order valence-electron chi connectivity index (χ2n) is 6.74. The standard InChI is InChI=1S/C19H24N2O3/c1-19(2,3)24-18(23)20-14-17(22)21-13-7-10-16(21)12-11-15-8-5-4-6-9-15/h4-6,8-9,16H,7,10,13-14H2,1-3H3,(H,20,23). The fourth-order valence-corrected chi connectivity index (χ4v) is 2.47. The first-order chi connectivity index (χ1) is 11.3. The zero-order valence-electron chi connectivity index (χ0n) is 14.5. The molecule has 1 aromatic carbocycles. The van der Waals surface area contributed by atoms with E-state index in [-0.39, 0.29) is 18.5 Å². The van der Waals surface area contributed by atoms with Gasteiger partial charge in [0.2, 0.25) is 5.91 Å². The highest BCUT2D eigenvalue weighted by molar-refractivity contribution is 5.83. The zero-order chi connectivity index (χ0) is 17.6. The number of ether oxygens (including phenoxy) is 1. The molecule has 5 nitrogen and oxygen atoms in total. The highest BCUT2D eigenvalue weighted by Gasteiger charge is 2.27. The van der Waals surface area contributed by atoms with Crippen LogP contribution in [0.25, 0.3) is 0 Å². The van der Waals surface area contributed by atoms with Crippen molar-refractivity contribution in [3.8, 4) is 11.8 Å². The van der Waals surface area contributed by atoms with Gasteiger partial charge in [-0.1, -0.05) is 30.0 Å². The Morgan fingerprint density at radius 3 is 2.67 bits per heavy atom. The van der Waals surface area contributed by atoms with Crippen molar-refractivity contribution in [3.05, 3.63) is 35.9 Å². The van der Waals surface area contributed by atoms with Crippen LogP contribution in [0.15, 0.2) is 30.3 Å². The molecular weight excluding hydrogens is 304 g/mol. The van der Waals surface area contributed by atoms with Crippen molar-refractivity contribution in [1.29, 1.82) is 0 Å². The molecule has 1 atom stereocenters. The molecule has 0 bridgehead atoms. The minimum absolute atomic E-state index is 0.0710. The van der Waals surface area contributed by atoms with Crippen molar-refractivity contribution in [1.82, 2.24) is 10.2 Å². The number of hydrogen-bond acceptors (Lipinski definition) is 3. The average Bonchev–Trinajstić information content (AvgIpc) is 2.98. The molecule has 1 aliphatic heterocycles. The molecular formula is C19H24N2O3. The van der Waals surface area contributed by atoms with E-state index in [2.05, 4.69) is 17.2 Å². The lowest BCUT2D eigenvalue weighted by Crippen LogP contribution is -2.43. The summed E-state index contributed by atoms with van der Waals surface area (Å²) in [6.45, 7) is 5.94. The summed E-state index contributed by atoms with van der Waals surface area (Å²) in [7, 11) is 0. The summed E-state index contributed by atoms with van der Waals surface area (Å²) in [4.78, 5) is 25.7. The normalized spacial score (nSPS) is 17.0. The summed E-state index contributed by atoms with van der Waals surface area (Å²) in [6.07, 6.45) is 1.20. The molecule has 0 spiro atoms. The number of hydrogen-bond donors (Lipinski definition) is 1. The van der Waals surface area contributed by atoms with Gasteiger partial charge in [-0.25, -0.2) is 4.79 Å². The molecule has 5 heteroatoms. The Kier molecular flexibility index (Phi) is 5.86. The summed E-state index contributed by atoms with van der Waals surface area (Å²) in [5, 5.41) is 2.51. The van der Waals surface area contributed by atoms with Crippen LogP contribution in [-0.2, 0) is 9.53 Å². The number of likely N-dealkylation sites (tertiary alicyclic amines) is 1. The van der Waals surface area contributed by atoms with Gasteiger partial charge < -0.3 is 15.0 Å². The fourth-order valence-electron chi connectivity index (χ4n) is 2.47. The lowest BCUT2D eigenvalue weighted by molar-refractivity contribution is -0.130. The number of nitrogens with one attached hydrogen (secondary N) is 1. The van der Waals surface area contributed by atoms with Crippen molar-refractivity contribution < 1.29 is 14.3 Å². The van der Waals surface area contributed by atoms with E-state index in [1.54, 1.807) is 25.7 Å². The van der Waals surface area contributed by atoms with Gasteiger partial charge in [-0.3, -0.25) is 4.79 Å². The summed E-state index contributed by atoms with van der Waals surface area (Å²) >= 11 is 0. The van der Waals surface area contributed by atoms with E-state index in [0.29, 0.717) is 6.54 Å². The molecule has 1 aliphatic rings. The first-order valence-corrected chi connectivity index (χ1v) is 8.18. The maximum Gasteiger partial charge on any atom is 0.408 e. The molecule has 128 valence electrons. The Hall–Kier alpha value is -2.48. The number of carbonyl (C=O) groups is 2. The van der Waals surface area contributed by atoms with Gasteiger partial charge in [0.25, 0.3) is 0 Å². The third-order valence-corrected chi connectivity index (χ3v) is 3.51. The second-order valence-corrected chi connectivity index (χ2v) is 6.74. The molecule has 1 saturated heterocycles. The van der Waals surface area contributed by atoms with Gasteiger partial charge >= 0.3 is 6.09 Å². The first-order valence-electron chi connectivity index (χ1n) is 8.18. The Balaban J connectivity index is 1.89. The van der Waals surface area contributed by atoms with E-state index in [1.165, 1.54) is 0 Å². The van der Waals surface area contributed by atoms with E-state index in [4.69, 9.17) is 4.74 Å². The number of benzene rings is 1. The Morgan fingerprint density at radius 1 is 1.29 bits per heavy atom. The van der Waals surface area contributed by atoms with Crippen LogP contribution in [-0.4, -0.2) is 41.6 Å². The highest BCUT2D eigenvalue weighted by atomic mass is 16.6. The molecule has 24 heavy (non-hydrogen) atoms. The van der Waals surface area contributed by atoms with Gasteiger partial charge in [0, 0.05) is 12.1 Å². The molecule has 0 aromatic heterocycles. The van der Waals surface area contributed by atoms with Crippen molar-refractivity contribution in [2.75, 3.05) is 13.1 Å². The van der Waals surface area contributed by atoms with E-state index in [0.717, 1.165) is 18.4 Å². The zero-order valence-corrected chi connectivity index (χ0v) is 14.5. The minimum Gasteiger partial charge on any atom is -0.444 e. The van der Waals surface area contributed by atoms with Crippen LogP contribution in [0.1, 0.15) is 39.2 Å². The molecule has 1 heterocycles. The van der Waals surface area contributed by atoms with Gasteiger partial charge in [0.05, 0.1) is 6.04 Å². The molecule has 2 amide bonds. The van der Waals surface area contributed by atoms with Gasteiger partial charge in [-0.2, -0.15) is 0 Å². The molecule has 1 aromatic rings. The van der Waals surface area contributed by atoms with Crippen molar-refractivity contribution in [3.63, 3.8) is 0 Å². The minimum atomic E-state index is -0.582. The summed E-state index contributed by atoms with van der Waals surface area (Å²) < 4.78 is 5.13. The average molecular weight is 328 g/mol. The number of nitrogens with zero attached hydrogens (tertiary/aromatic N) is 1. The van der Waals surface area contributed by atoms with Crippen LogP contribution < -0.4 is 5.32 Å². The predicted molar refractivity (Wildman–Crippen MR) is 92.3 cm³/mol. The third-order valence-electron chi connectivity index (χ3n) is 3.51. The highest BCUT2D eigenvalue weighted by Crippen LogP contribution is 2.16. The number of amides is 2. The molecule has 2 rings (SSSR count). The first kappa shape index (κ1) is 17.9. The fraction of sp³-hybridized carbons (Fsp3) is 0.474. The number of carbonyl (C=O) groups excluding carboxylic acids is 2. The van der Waals surface area contributed by atoms with Crippen LogP contribution in [0, 0.1) is 11.8 Å². The molecule has 1 fully saturated rings. The summed E-state index contributed by atoms with van der Waals surface area (Å²) in [6, 6.07) is 9.60. The Morgan fingerprint density at radius 2 is 2.00 bits per heavy atom. The largest absolute Gasteiger partial charge is 0.444 e. The third kappa shape index (κ3) is 5.62. The van der Waals surface area contributed by atoms with Crippen LogP contribution >= 0.6 is 0 Å². The van der Waals surface area contributed by atoms with E-state index >= 15 is 0 Å². The topological polar surface area (TPSA) is 58.6 Å². The number of rotatable bonds is 2. The van der Waals surface area contributed by atoms with Crippen LogP contribution in [0.5, 0.6) is 0 Å². The summed E-state index contributed by atoms with van der Waals surface area (Å²) in [5.41, 5.74) is 0.355. The molecule has 0 radical (unpaired) electrons. The van der Waals surface area contributed by atoms with Gasteiger partial charge in [0.1, 0.15) is 12.1 Å². The lowest BCUT2D eigenvalue weighted by atomic mass is 10.2. The predicted octanol–water partition coefficient (Wildman–Crippen LogP) is 2.55. The van der Waals surface area contributed by atoms with Crippen LogP contribution in [0.3, 0.4) is 0 Å².